The number of rotatable bonds is 0. The van der Waals surface area contributed by atoms with Crippen LogP contribution in [-0.2, 0) is 7.05 Å². The summed E-state index contributed by atoms with van der Waals surface area (Å²) in [7, 11) is 1.91. The van der Waals surface area contributed by atoms with Gasteiger partial charge in [-0.15, -0.1) is 0 Å². The Labute approximate surface area is 64.7 Å². The predicted octanol–water partition coefficient (Wildman–Crippen LogP) is 1.08. The molecule has 2 aromatic heterocycles. The molecule has 11 heavy (non-hydrogen) atoms. The van der Waals surface area contributed by atoms with Crippen molar-refractivity contribution in [3.05, 3.63) is 24.0 Å². The van der Waals surface area contributed by atoms with Crippen molar-refractivity contribution in [1.82, 2.24) is 14.8 Å². The van der Waals surface area contributed by atoms with Crippen LogP contribution in [0.15, 0.2) is 12.3 Å². The molecule has 1 radical (unpaired) electrons. The fourth-order valence-corrected chi connectivity index (χ4v) is 1.09. The highest BCUT2D eigenvalue weighted by molar-refractivity contribution is 5.76. The Hall–Kier alpha value is -1.38. The minimum Gasteiger partial charge on any atom is -0.270 e. The van der Waals surface area contributed by atoms with Gasteiger partial charge in [0.15, 0.2) is 5.65 Å². The highest BCUT2D eigenvalue weighted by Crippen LogP contribution is 2.12. The van der Waals surface area contributed by atoms with E-state index in [1.807, 2.05) is 24.7 Å². The quantitative estimate of drug-likeness (QED) is 0.556. The van der Waals surface area contributed by atoms with Crippen LogP contribution in [0.1, 0.15) is 5.69 Å². The van der Waals surface area contributed by atoms with E-state index in [0.717, 1.165) is 16.7 Å². The van der Waals surface area contributed by atoms with Crippen LogP contribution in [0.2, 0.25) is 0 Å². The minimum atomic E-state index is 0.795. The highest BCUT2D eigenvalue weighted by Gasteiger charge is 2.02. The van der Waals surface area contributed by atoms with Gasteiger partial charge in [0.1, 0.15) is 0 Å². The van der Waals surface area contributed by atoms with Gasteiger partial charge in [-0.2, -0.15) is 5.10 Å². The van der Waals surface area contributed by atoms with E-state index in [1.54, 1.807) is 6.20 Å². The lowest BCUT2D eigenvalue weighted by Gasteiger charge is -1.89. The van der Waals surface area contributed by atoms with Crippen molar-refractivity contribution < 1.29 is 0 Å². The van der Waals surface area contributed by atoms with Gasteiger partial charge in [0.05, 0.1) is 0 Å². The van der Waals surface area contributed by atoms with E-state index >= 15 is 0 Å². The van der Waals surface area contributed by atoms with Crippen molar-refractivity contribution in [2.24, 2.45) is 7.05 Å². The Balaban J connectivity index is 2.92. The molecular formula is C8H8N3. The summed E-state index contributed by atoms with van der Waals surface area (Å²) >= 11 is 0. The molecular weight excluding hydrogens is 138 g/mol. The van der Waals surface area contributed by atoms with Gasteiger partial charge >= 0.3 is 0 Å². The summed E-state index contributed by atoms with van der Waals surface area (Å²) < 4.78 is 1.82. The first-order valence-corrected chi connectivity index (χ1v) is 3.44. The molecule has 0 aliphatic heterocycles. The number of nitrogens with zero attached hydrogens (tertiary/aromatic N) is 3. The zero-order valence-electron chi connectivity index (χ0n) is 6.50. The predicted molar refractivity (Wildman–Crippen MR) is 42.1 cm³/mol. The normalized spacial score (nSPS) is 10.7. The van der Waals surface area contributed by atoms with Crippen molar-refractivity contribution in [1.29, 1.82) is 0 Å². The first kappa shape index (κ1) is 6.34. The Kier molecular flexibility index (Phi) is 1.18. The van der Waals surface area contributed by atoms with Crippen LogP contribution in [0, 0.1) is 13.0 Å². The molecule has 2 heterocycles. The SMILES string of the molecule is Cc1c2c[c]cnc2nn1C. The molecule has 0 amide bonds. The second kappa shape index (κ2) is 2.05. The van der Waals surface area contributed by atoms with E-state index in [2.05, 4.69) is 16.1 Å². The molecule has 0 saturated heterocycles. The summed E-state index contributed by atoms with van der Waals surface area (Å²) in [5, 5.41) is 5.28. The lowest BCUT2D eigenvalue weighted by Crippen LogP contribution is -1.91. The average Bonchev–Trinajstić information content (AvgIpc) is 2.30. The summed E-state index contributed by atoms with van der Waals surface area (Å²) in [5.41, 5.74) is 1.92. The number of fused-ring (bicyclic) bond motifs is 1. The summed E-state index contributed by atoms with van der Waals surface area (Å²) in [4.78, 5) is 4.08. The molecule has 0 atom stereocenters. The van der Waals surface area contributed by atoms with E-state index in [4.69, 9.17) is 0 Å². The van der Waals surface area contributed by atoms with Gasteiger partial charge in [0.25, 0.3) is 0 Å². The molecule has 0 saturated carbocycles. The molecule has 0 aromatic carbocycles. The standard InChI is InChI=1S/C8H8N3/c1-6-7-4-3-5-9-8(7)10-11(6)2/h4-5H,1-2H3. The number of hydrogen-bond acceptors (Lipinski definition) is 2. The molecule has 0 N–H and O–H groups in total. The number of aryl methyl sites for hydroxylation is 2. The van der Waals surface area contributed by atoms with E-state index in [9.17, 15) is 0 Å². The second-order valence-electron chi connectivity index (χ2n) is 2.52. The van der Waals surface area contributed by atoms with Crippen LogP contribution >= 0.6 is 0 Å². The Bertz CT molecular complexity index is 389. The monoisotopic (exact) mass is 146 g/mol. The van der Waals surface area contributed by atoms with Gasteiger partial charge in [-0.25, -0.2) is 4.98 Å². The van der Waals surface area contributed by atoms with Crippen molar-refractivity contribution in [3.8, 4) is 0 Å². The molecule has 2 aromatic rings. The molecule has 0 unspecified atom stereocenters. The average molecular weight is 146 g/mol. The van der Waals surface area contributed by atoms with Crippen LogP contribution in [0.25, 0.3) is 11.0 Å². The fourth-order valence-electron chi connectivity index (χ4n) is 1.09. The molecule has 3 nitrogen and oxygen atoms in total. The summed E-state index contributed by atoms with van der Waals surface area (Å²) in [6.45, 7) is 2.02. The Morgan fingerprint density at radius 1 is 1.55 bits per heavy atom. The Morgan fingerprint density at radius 2 is 2.36 bits per heavy atom. The fraction of sp³-hybridized carbons (Fsp3) is 0.250. The Morgan fingerprint density at radius 3 is 3.09 bits per heavy atom. The first-order chi connectivity index (χ1) is 5.29. The lowest BCUT2D eigenvalue weighted by atomic mass is 10.3. The van der Waals surface area contributed by atoms with Gasteiger partial charge in [-0.3, -0.25) is 4.68 Å². The van der Waals surface area contributed by atoms with Gasteiger partial charge in [-0.05, 0) is 13.0 Å². The van der Waals surface area contributed by atoms with E-state index < -0.39 is 0 Å². The largest absolute Gasteiger partial charge is 0.270 e. The van der Waals surface area contributed by atoms with Gasteiger partial charge < -0.3 is 0 Å². The van der Waals surface area contributed by atoms with E-state index in [1.165, 1.54) is 0 Å². The third-order valence-corrected chi connectivity index (χ3v) is 1.85. The third kappa shape index (κ3) is 0.808. The molecule has 3 heteroatoms. The van der Waals surface area contributed by atoms with Crippen LogP contribution in [0.5, 0.6) is 0 Å². The van der Waals surface area contributed by atoms with Gasteiger partial charge in [0, 0.05) is 30.4 Å². The topological polar surface area (TPSA) is 30.7 Å². The molecule has 0 spiro atoms. The zero-order valence-corrected chi connectivity index (χ0v) is 6.50. The van der Waals surface area contributed by atoms with Crippen molar-refractivity contribution in [2.75, 3.05) is 0 Å². The number of pyridine rings is 1. The highest BCUT2D eigenvalue weighted by atomic mass is 15.3. The van der Waals surface area contributed by atoms with E-state index in [-0.39, 0.29) is 0 Å². The molecule has 0 fully saturated rings. The zero-order chi connectivity index (χ0) is 7.84. The van der Waals surface area contributed by atoms with Gasteiger partial charge in [0.2, 0.25) is 0 Å². The molecule has 2 rings (SSSR count). The van der Waals surface area contributed by atoms with Crippen LogP contribution in [0.4, 0.5) is 0 Å². The third-order valence-electron chi connectivity index (χ3n) is 1.85. The van der Waals surface area contributed by atoms with Crippen LogP contribution in [0.3, 0.4) is 0 Å². The summed E-state index contributed by atoms with van der Waals surface area (Å²) in [6.07, 6.45) is 1.63. The first-order valence-electron chi connectivity index (χ1n) is 3.44. The maximum Gasteiger partial charge on any atom is 0.181 e. The minimum absolute atomic E-state index is 0.795. The lowest BCUT2D eigenvalue weighted by molar-refractivity contribution is 0.748. The van der Waals surface area contributed by atoms with Crippen molar-refractivity contribution >= 4 is 11.0 Å². The summed E-state index contributed by atoms with van der Waals surface area (Å²) in [5.74, 6) is 0. The van der Waals surface area contributed by atoms with Crippen molar-refractivity contribution in [3.63, 3.8) is 0 Å². The van der Waals surface area contributed by atoms with E-state index in [0.29, 0.717) is 0 Å². The number of hydrogen-bond donors (Lipinski definition) is 0. The molecule has 0 aliphatic carbocycles. The molecule has 0 bridgehead atoms. The van der Waals surface area contributed by atoms with Crippen LogP contribution in [-0.4, -0.2) is 14.8 Å². The smallest absolute Gasteiger partial charge is 0.181 e. The maximum atomic E-state index is 4.20. The van der Waals surface area contributed by atoms with Crippen molar-refractivity contribution in [2.45, 2.75) is 6.92 Å². The van der Waals surface area contributed by atoms with Gasteiger partial charge in [-0.1, -0.05) is 0 Å². The molecule has 55 valence electrons. The number of aromatic nitrogens is 3. The molecule has 0 aliphatic rings. The maximum absolute atomic E-state index is 4.20. The summed E-state index contributed by atoms with van der Waals surface area (Å²) in [6, 6.07) is 4.83. The van der Waals surface area contributed by atoms with Crippen LogP contribution < -0.4 is 0 Å². The second-order valence-corrected chi connectivity index (χ2v) is 2.52.